The first-order valence-corrected chi connectivity index (χ1v) is 13.4. The van der Waals surface area contributed by atoms with E-state index in [4.69, 9.17) is 4.98 Å². The van der Waals surface area contributed by atoms with E-state index in [9.17, 15) is 0 Å². The molecule has 0 aliphatic carbocycles. The topological polar surface area (TPSA) is 35.2 Å². The lowest BCUT2D eigenvalue weighted by Crippen LogP contribution is -2.50. The standard InChI is InChI=1S/C32H38N4/c1-4-24(2)30(29-25(3)33-32(34-29)28-18-12-7-13-19-28)35-20-22-36(23-21-35)31(26-14-8-5-9-15-26)27-16-10-6-11-17-27/h5-19,24,30-31H,4,20-23H2,1-3H3,(H,33,34). The number of aryl methyl sites for hydroxylation is 1. The maximum absolute atomic E-state index is 5.16. The lowest BCUT2D eigenvalue weighted by Gasteiger charge is -2.44. The van der Waals surface area contributed by atoms with Crippen LogP contribution in [0, 0.1) is 12.8 Å². The van der Waals surface area contributed by atoms with Gasteiger partial charge in [-0.15, -0.1) is 0 Å². The monoisotopic (exact) mass is 478 g/mol. The van der Waals surface area contributed by atoms with Crippen LogP contribution in [-0.2, 0) is 0 Å². The highest BCUT2D eigenvalue weighted by Gasteiger charge is 2.34. The van der Waals surface area contributed by atoms with Crippen molar-refractivity contribution in [3.05, 3.63) is 114 Å². The van der Waals surface area contributed by atoms with Crippen molar-refractivity contribution in [2.75, 3.05) is 26.2 Å². The molecule has 3 aromatic carbocycles. The van der Waals surface area contributed by atoms with Gasteiger partial charge >= 0.3 is 0 Å². The first-order chi connectivity index (χ1) is 17.7. The number of benzene rings is 3. The van der Waals surface area contributed by atoms with E-state index in [0.29, 0.717) is 12.0 Å². The van der Waals surface area contributed by atoms with E-state index in [1.807, 2.05) is 0 Å². The van der Waals surface area contributed by atoms with Crippen LogP contribution < -0.4 is 0 Å². The summed E-state index contributed by atoms with van der Waals surface area (Å²) in [5, 5.41) is 0. The number of imidazole rings is 1. The van der Waals surface area contributed by atoms with Gasteiger partial charge in [0.05, 0.1) is 17.8 Å². The Balaban J connectivity index is 1.38. The molecule has 0 spiro atoms. The number of hydrogen-bond donors (Lipinski definition) is 1. The van der Waals surface area contributed by atoms with Gasteiger partial charge in [0.15, 0.2) is 0 Å². The smallest absolute Gasteiger partial charge is 0.137 e. The summed E-state index contributed by atoms with van der Waals surface area (Å²) in [6.07, 6.45) is 1.13. The zero-order chi connectivity index (χ0) is 24.9. The molecule has 1 aromatic heterocycles. The van der Waals surface area contributed by atoms with E-state index in [0.717, 1.165) is 44.0 Å². The molecule has 0 amide bonds. The zero-order valence-electron chi connectivity index (χ0n) is 21.8. The van der Waals surface area contributed by atoms with Crippen molar-refractivity contribution in [3.63, 3.8) is 0 Å². The van der Waals surface area contributed by atoms with E-state index in [1.165, 1.54) is 22.5 Å². The largest absolute Gasteiger partial charge is 0.342 e. The van der Waals surface area contributed by atoms with Gasteiger partial charge in [-0.1, -0.05) is 111 Å². The van der Waals surface area contributed by atoms with E-state index in [2.05, 4.69) is 127 Å². The number of nitrogens with one attached hydrogen (secondary N) is 1. The third kappa shape index (κ3) is 5.16. The number of H-pyrrole nitrogens is 1. The second-order valence-electron chi connectivity index (χ2n) is 10.1. The number of piperazine rings is 1. The molecule has 1 aliphatic rings. The highest BCUT2D eigenvalue weighted by atomic mass is 15.3. The number of hydrogen-bond acceptors (Lipinski definition) is 3. The molecule has 4 aromatic rings. The van der Waals surface area contributed by atoms with Crippen LogP contribution in [-0.4, -0.2) is 45.9 Å². The minimum atomic E-state index is 0.286. The molecule has 1 fully saturated rings. The third-order valence-electron chi connectivity index (χ3n) is 7.77. The van der Waals surface area contributed by atoms with Gasteiger partial charge in [-0.2, -0.15) is 0 Å². The molecule has 0 radical (unpaired) electrons. The summed E-state index contributed by atoms with van der Waals surface area (Å²) < 4.78 is 0. The maximum atomic E-state index is 5.16. The quantitative estimate of drug-likeness (QED) is 0.300. The van der Waals surface area contributed by atoms with Gasteiger partial charge < -0.3 is 4.98 Å². The molecule has 2 heterocycles. The first kappa shape index (κ1) is 24.5. The molecule has 1 aliphatic heterocycles. The van der Waals surface area contributed by atoms with Crippen molar-refractivity contribution < 1.29 is 0 Å². The second-order valence-corrected chi connectivity index (χ2v) is 10.1. The Morgan fingerprint density at radius 1 is 0.750 bits per heavy atom. The van der Waals surface area contributed by atoms with E-state index in [1.54, 1.807) is 0 Å². The van der Waals surface area contributed by atoms with Gasteiger partial charge in [0.25, 0.3) is 0 Å². The predicted octanol–water partition coefficient (Wildman–Crippen LogP) is 6.88. The molecular formula is C32H38N4. The molecule has 2 atom stereocenters. The van der Waals surface area contributed by atoms with Gasteiger partial charge in [-0.25, -0.2) is 4.98 Å². The fraction of sp³-hybridized carbons (Fsp3) is 0.344. The minimum absolute atomic E-state index is 0.286. The number of aromatic nitrogens is 2. The normalized spacial score (nSPS) is 16.8. The van der Waals surface area contributed by atoms with E-state index in [-0.39, 0.29) is 6.04 Å². The third-order valence-corrected chi connectivity index (χ3v) is 7.77. The van der Waals surface area contributed by atoms with Crippen molar-refractivity contribution in [3.8, 4) is 11.4 Å². The van der Waals surface area contributed by atoms with Gasteiger partial charge in [0, 0.05) is 37.4 Å². The Morgan fingerprint density at radius 3 is 1.78 bits per heavy atom. The summed E-state index contributed by atoms with van der Waals surface area (Å²) in [6.45, 7) is 11.0. The van der Waals surface area contributed by atoms with E-state index >= 15 is 0 Å². The average Bonchev–Trinajstić information content (AvgIpc) is 3.32. The van der Waals surface area contributed by atoms with Crippen molar-refractivity contribution in [1.82, 2.24) is 19.8 Å². The molecule has 4 heteroatoms. The lowest BCUT2D eigenvalue weighted by molar-refractivity contribution is 0.0559. The molecule has 1 saturated heterocycles. The fourth-order valence-corrected chi connectivity index (χ4v) is 5.68. The van der Waals surface area contributed by atoms with Crippen LogP contribution in [0.25, 0.3) is 11.4 Å². The fourth-order valence-electron chi connectivity index (χ4n) is 5.68. The average molecular weight is 479 g/mol. The highest BCUT2D eigenvalue weighted by Crippen LogP contribution is 2.36. The minimum Gasteiger partial charge on any atom is -0.342 e. The summed E-state index contributed by atoms with van der Waals surface area (Å²) in [4.78, 5) is 14.1. The maximum Gasteiger partial charge on any atom is 0.137 e. The van der Waals surface area contributed by atoms with E-state index < -0.39 is 0 Å². The Morgan fingerprint density at radius 2 is 1.25 bits per heavy atom. The lowest BCUT2D eigenvalue weighted by atomic mass is 9.92. The highest BCUT2D eigenvalue weighted by molar-refractivity contribution is 5.55. The SMILES string of the molecule is CCC(C)C(c1nc(-c2ccccc2)[nH]c1C)N1CCN(C(c2ccccc2)c2ccccc2)CC1. The van der Waals surface area contributed by atoms with Gasteiger partial charge in [-0.3, -0.25) is 9.80 Å². The van der Waals surface area contributed by atoms with Gasteiger partial charge in [-0.05, 0) is 24.0 Å². The Kier molecular flexibility index (Phi) is 7.64. The van der Waals surface area contributed by atoms with Crippen LogP contribution in [0.5, 0.6) is 0 Å². The van der Waals surface area contributed by atoms with Gasteiger partial charge in [0.1, 0.15) is 5.82 Å². The summed E-state index contributed by atoms with van der Waals surface area (Å²) in [6, 6.07) is 33.0. The van der Waals surface area contributed by atoms with Crippen LogP contribution in [0.4, 0.5) is 0 Å². The van der Waals surface area contributed by atoms with Crippen LogP contribution in [0.3, 0.4) is 0 Å². The van der Waals surface area contributed by atoms with Crippen LogP contribution >= 0.6 is 0 Å². The van der Waals surface area contributed by atoms with Crippen LogP contribution in [0.1, 0.15) is 54.9 Å². The summed E-state index contributed by atoms with van der Waals surface area (Å²) in [5.74, 6) is 1.50. The van der Waals surface area contributed by atoms with Crippen molar-refractivity contribution in [2.24, 2.45) is 5.92 Å². The number of aromatic amines is 1. The summed E-state index contributed by atoms with van der Waals surface area (Å²) in [5.41, 5.74) is 6.28. The Bertz CT molecular complexity index is 1170. The van der Waals surface area contributed by atoms with Crippen LogP contribution in [0.15, 0.2) is 91.0 Å². The summed E-state index contributed by atoms with van der Waals surface area (Å²) in [7, 11) is 0. The van der Waals surface area contributed by atoms with Gasteiger partial charge in [0.2, 0.25) is 0 Å². The Hall–Kier alpha value is -3.21. The predicted molar refractivity (Wildman–Crippen MR) is 149 cm³/mol. The molecule has 1 N–H and O–H groups in total. The van der Waals surface area contributed by atoms with Crippen molar-refractivity contribution in [2.45, 2.75) is 39.3 Å². The first-order valence-electron chi connectivity index (χ1n) is 13.4. The van der Waals surface area contributed by atoms with Crippen molar-refractivity contribution in [1.29, 1.82) is 0 Å². The summed E-state index contributed by atoms with van der Waals surface area (Å²) >= 11 is 0. The molecule has 186 valence electrons. The molecule has 0 saturated carbocycles. The molecule has 4 nitrogen and oxygen atoms in total. The number of nitrogens with zero attached hydrogens (tertiary/aromatic N) is 3. The molecule has 36 heavy (non-hydrogen) atoms. The molecule has 5 rings (SSSR count). The molecule has 2 unspecified atom stereocenters. The van der Waals surface area contributed by atoms with Crippen molar-refractivity contribution >= 4 is 0 Å². The molecule has 0 bridgehead atoms. The Labute approximate surface area is 216 Å². The number of rotatable bonds is 8. The zero-order valence-corrected chi connectivity index (χ0v) is 21.8. The molecular weight excluding hydrogens is 440 g/mol. The van der Waals surface area contributed by atoms with Crippen LogP contribution in [0.2, 0.25) is 0 Å². The second kappa shape index (κ2) is 11.2.